The van der Waals surface area contributed by atoms with Gasteiger partial charge in [-0.2, -0.15) is 5.10 Å². The molecular formula is C24H29N5O3. The Morgan fingerprint density at radius 1 is 1.09 bits per heavy atom. The average molecular weight is 436 g/mol. The van der Waals surface area contributed by atoms with Crippen molar-refractivity contribution in [3.63, 3.8) is 0 Å². The van der Waals surface area contributed by atoms with E-state index in [1.165, 1.54) is 6.92 Å². The number of aromatic nitrogens is 2. The third-order valence-corrected chi connectivity index (χ3v) is 5.74. The first-order valence-electron chi connectivity index (χ1n) is 10.9. The molecule has 1 aliphatic rings. The summed E-state index contributed by atoms with van der Waals surface area (Å²) >= 11 is 0. The normalized spacial score (nSPS) is 14.4. The highest BCUT2D eigenvalue weighted by atomic mass is 16.3. The molecule has 1 fully saturated rings. The fraction of sp³-hybridized carbons (Fsp3) is 0.375. The molecule has 1 aromatic carbocycles. The van der Waals surface area contributed by atoms with Gasteiger partial charge in [0.25, 0.3) is 0 Å². The summed E-state index contributed by atoms with van der Waals surface area (Å²) in [7, 11) is 0. The van der Waals surface area contributed by atoms with Crippen molar-refractivity contribution in [1.82, 2.24) is 15.1 Å². The highest BCUT2D eigenvalue weighted by Crippen LogP contribution is 2.34. The zero-order valence-electron chi connectivity index (χ0n) is 18.7. The minimum Gasteiger partial charge on any atom is -0.465 e. The first-order valence-corrected chi connectivity index (χ1v) is 10.9. The van der Waals surface area contributed by atoms with E-state index in [2.05, 4.69) is 15.5 Å². The molecule has 8 heteroatoms. The Bertz CT molecular complexity index is 1090. The minimum absolute atomic E-state index is 0.0496. The van der Waals surface area contributed by atoms with Crippen molar-refractivity contribution < 1.29 is 14.0 Å². The van der Waals surface area contributed by atoms with E-state index >= 15 is 0 Å². The van der Waals surface area contributed by atoms with Gasteiger partial charge in [-0.05, 0) is 51.0 Å². The van der Waals surface area contributed by atoms with E-state index in [9.17, 15) is 9.59 Å². The summed E-state index contributed by atoms with van der Waals surface area (Å²) in [6, 6.07) is 13.6. The summed E-state index contributed by atoms with van der Waals surface area (Å²) in [4.78, 5) is 26.7. The second-order valence-corrected chi connectivity index (χ2v) is 8.20. The van der Waals surface area contributed by atoms with Crippen LogP contribution in [-0.2, 0) is 16.1 Å². The van der Waals surface area contributed by atoms with Crippen LogP contribution in [0, 0.1) is 19.8 Å². The second-order valence-electron chi connectivity index (χ2n) is 8.20. The molecule has 4 rings (SSSR count). The summed E-state index contributed by atoms with van der Waals surface area (Å²) in [6.45, 7) is 7.08. The van der Waals surface area contributed by atoms with Crippen molar-refractivity contribution in [2.45, 2.75) is 40.2 Å². The second kappa shape index (κ2) is 9.30. The zero-order valence-corrected chi connectivity index (χ0v) is 18.7. The Hall–Kier alpha value is -3.55. The smallest absolute Gasteiger partial charge is 0.223 e. The topological polar surface area (TPSA) is 92.4 Å². The van der Waals surface area contributed by atoms with Gasteiger partial charge in [-0.1, -0.05) is 18.2 Å². The quantitative estimate of drug-likeness (QED) is 0.618. The number of amides is 2. The zero-order chi connectivity index (χ0) is 22.7. The fourth-order valence-electron chi connectivity index (χ4n) is 4.13. The molecule has 2 aromatic heterocycles. The molecular weight excluding hydrogens is 406 g/mol. The lowest BCUT2D eigenvalue weighted by molar-refractivity contribution is -0.125. The SMILES string of the molecule is CC(=O)Nc1c(C)nn(-c2ccccc2)c1N1CCC(C(=O)NCc2ccc(C)o2)CC1. The molecule has 0 unspecified atom stereocenters. The van der Waals surface area contributed by atoms with Crippen molar-refractivity contribution in [1.29, 1.82) is 0 Å². The van der Waals surface area contributed by atoms with Gasteiger partial charge in [-0.3, -0.25) is 9.59 Å². The minimum atomic E-state index is -0.135. The summed E-state index contributed by atoms with van der Waals surface area (Å²) in [5, 5.41) is 10.6. The van der Waals surface area contributed by atoms with Gasteiger partial charge in [0.2, 0.25) is 11.8 Å². The lowest BCUT2D eigenvalue weighted by Crippen LogP contribution is -2.41. The Balaban J connectivity index is 1.48. The number of para-hydroxylation sites is 1. The average Bonchev–Trinajstić information content (AvgIpc) is 3.35. The molecule has 168 valence electrons. The number of piperidine rings is 1. The number of anilines is 2. The number of rotatable bonds is 6. The molecule has 32 heavy (non-hydrogen) atoms. The van der Waals surface area contributed by atoms with Gasteiger partial charge in [-0.15, -0.1) is 0 Å². The van der Waals surface area contributed by atoms with E-state index in [4.69, 9.17) is 9.52 Å². The van der Waals surface area contributed by atoms with Crippen molar-refractivity contribution in [2.24, 2.45) is 5.92 Å². The summed E-state index contributed by atoms with van der Waals surface area (Å²) < 4.78 is 7.41. The molecule has 0 aliphatic carbocycles. The summed E-state index contributed by atoms with van der Waals surface area (Å²) in [6.07, 6.45) is 1.45. The number of benzene rings is 1. The van der Waals surface area contributed by atoms with Crippen LogP contribution in [0.4, 0.5) is 11.5 Å². The molecule has 2 amide bonds. The highest BCUT2D eigenvalue weighted by molar-refractivity contribution is 5.93. The monoisotopic (exact) mass is 435 g/mol. The van der Waals surface area contributed by atoms with E-state index in [0.717, 1.165) is 47.2 Å². The number of furan rings is 1. The van der Waals surface area contributed by atoms with E-state index < -0.39 is 0 Å². The lowest BCUT2D eigenvalue weighted by Gasteiger charge is -2.33. The number of nitrogens with zero attached hydrogens (tertiary/aromatic N) is 3. The molecule has 2 N–H and O–H groups in total. The van der Waals surface area contributed by atoms with Crippen LogP contribution >= 0.6 is 0 Å². The lowest BCUT2D eigenvalue weighted by atomic mass is 9.95. The van der Waals surface area contributed by atoms with Crippen LogP contribution in [0.1, 0.15) is 37.0 Å². The Labute approximate surface area is 187 Å². The van der Waals surface area contributed by atoms with Crippen LogP contribution in [-0.4, -0.2) is 34.7 Å². The van der Waals surface area contributed by atoms with Gasteiger partial charge in [0, 0.05) is 25.9 Å². The van der Waals surface area contributed by atoms with Crippen molar-refractivity contribution in [2.75, 3.05) is 23.3 Å². The molecule has 0 bridgehead atoms. The molecule has 0 atom stereocenters. The molecule has 0 spiro atoms. The Morgan fingerprint density at radius 3 is 2.44 bits per heavy atom. The maximum Gasteiger partial charge on any atom is 0.223 e. The van der Waals surface area contributed by atoms with Crippen LogP contribution in [0.15, 0.2) is 46.9 Å². The van der Waals surface area contributed by atoms with Crippen LogP contribution in [0.3, 0.4) is 0 Å². The Morgan fingerprint density at radius 2 is 1.81 bits per heavy atom. The highest BCUT2D eigenvalue weighted by Gasteiger charge is 2.29. The van der Waals surface area contributed by atoms with Crippen molar-refractivity contribution in [3.05, 3.63) is 59.7 Å². The molecule has 8 nitrogen and oxygen atoms in total. The number of carbonyl (C=O) groups is 2. The van der Waals surface area contributed by atoms with Crippen molar-refractivity contribution >= 4 is 23.3 Å². The van der Waals surface area contributed by atoms with Crippen LogP contribution in [0.25, 0.3) is 5.69 Å². The largest absolute Gasteiger partial charge is 0.465 e. The van der Waals surface area contributed by atoms with E-state index in [0.29, 0.717) is 19.6 Å². The molecule has 3 heterocycles. The Kier molecular flexibility index (Phi) is 6.30. The first-order chi connectivity index (χ1) is 15.4. The number of hydrogen-bond donors (Lipinski definition) is 2. The van der Waals surface area contributed by atoms with Crippen LogP contribution < -0.4 is 15.5 Å². The van der Waals surface area contributed by atoms with Gasteiger partial charge < -0.3 is 20.0 Å². The molecule has 1 aliphatic heterocycles. The predicted molar refractivity (Wildman–Crippen MR) is 123 cm³/mol. The molecule has 3 aromatic rings. The van der Waals surface area contributed by atoms with Gasteiger partial charge in [0.1, 0.15) is 17.2 Å². The van der Waals surface area contributed by atoms with Crippen LogP contribution in [0.5, 0.6) is 0 Å². The van der Waals surface area contributed by atoms with Gasteiger partial charge >= 0.3 is 0 Å². The number of nitrogens with one attached hydrogen (secondary N) is 2. The standard InChI is InChI=1S/C24H29N5O3/c1-16-9-10-21(32-16)15-25-23(31)19-11-13-28(14-12-19)24-22(26-18(3)30)17(2)27-29(24)20-7-5-4-6-8-20/h4-10,19H,11-15H2,1-3H3,(H,25,31)(H,26,30). The molecule has 1 saturated heterocycles. The van der Waals surface area contributed by atoms with Crippen molar-refractivity contribution in [3.8, 4) is 5.69 Å². The maximum atomic E-state index is 12.7. The summed E-state index contributed by atoms with van der Waals surface area (Å²) in [5.74, 6) is 2.31. The predicted octanol–water partition coefficient (Wildman–Crippen LogP) is 3.57. The van der Waals surface area contributed by atoms with Gasteiger partial charge in [0.15, 0.2) is 5.82 Å². The summed E-state index contributed by atoms with van der Waals surface area (Å²) in [5.41, 5.74) is 2.40. The van der Waals surface area contributed by atoms with E-state index in [1.54, 1.807) is 0 Å². The third kappa shape index (κ3) is 4.69. The molecule has 0 radical (unpaired) electrons. The number of hydrogen-bond acceptors (Lipinski definition) is 5. The first kappa shape index (κ1) is 21.7. The maximum absolute atomic E-state index is 12.7. The van der Waals surface area contributed by atoms with Gasteiger partial charge in [-0.25, -0.2) is 4.68 Å². The van der Waals surface area contributed by atoms with Crippen LogP contribution in [0.2, 0.25) is 0 Å². The number of aryl methyl sites for hydroxylation is 2. The number of carbonyl (C=O) groups excluding carboxylic acids is 2. The molecule has 0 saturated carbocycles. The van der Waals surface area contributed by atoms with Gasteiger partial charge in [0.05, 0.1) is 17.9 Å². The fourth-order valence-corrected chi connectivity index (χ4v) is 4.13. The van der Waals surface area contributed by atoms with E-state index in [1.807, 2.05) is 61.0 Å². The third-order valence-electron chi connectivity index (χ3n) is 5.74. The van der Waals surface area contributed by atoms with E-state index in [-0.39, 0.29) is 17.7 Å².